The molecule has 1 saturated heterocycles. The Morgan fingerprint density at radius 1 is 1.10 bits per heavy atom. The number of pyridine rings is 1. The van der Waals surface area contributed by atoms with Crippen LogP contribution >= 0.6 is 0 Å². The summed E-state index contributed by atoms with van der Waals surface area (Å²) < 4.78 is 40.8. The zero-order valence-corrected chi connectivity index (χ0v) is 17.5. The number of fused-ring (bicyclic) bond motifs is 1. The molecule has 0 N–H and O–H groups in total. The summed E-state index contributed by atoms with van der Waals surface area (Å²) in [6.45, 7) is 5.68. The van der Waals surface area contributed by atoms with Crippen LogP contribution in [0.1, 0.15) is 30.9 Å². The maximum Gasteiger partial charge on any atom is 0.186 e. The van der Waals surface area contributed by atoms with Crippen LogP contribution in [0, 0.1) is 18.7 Å². The Hall–Kier alpha value is -2.47. The molecule has 29 heavy (non-hydrogen) atoms. The molecule has 2 aromatic carbocycles. The molecule has 152 valence electrons. The number of rotatable bonds is 4. The predicted octanol–water partition coefficient (Wildman–Crippen LogP) is 4.89. The van der Waals surface area contributed by atoms with Crippen molar-refractivity contribution in [2.75, 3.05) is 18.0 Å². The van der Waals surface area contributed by atoms with Crippen LogP contribution in [-0.4, -0.2) is 26.5 Å². The number of hydrogen-bond acceptors (Lipinski definition) is 4. The van der Waals surface area contributed by atoms with Crippen LogP contribution in [0.5, 0.6) is 0 Å². The van der Waals surface area contributed by atoms with Gasteiger partial charge in [-0.25, -0.2) is 12.8 Å². The van der Waals surface area contributed by atoms with Gasteiger partial charge in [0.15, 0.2) is 9.84 Å². The van der Waals surface area contributed by atoms with Gasteiger partial charge in [0.2, 0.25) is 0 Å². The first-order chi connectivity index (χ1) is 13.8. The van der Waals surface area contributed by atoms with Gasteiger partial charge in [-0.15, -0.1) is 0 Å². The summed E-state index contributed by atoms with van der Waals surface area (Å²) in [6, 6.07) is 11.9. The minimum absolute atomic E-state index is 0.104. The van der Waals surface area contributed by atoms with Crippen molar-refractivity contribution < 1.29 is 12.8 Å². The number of piperidine rings is 1. The number of benzene rings is 2. The van der Waals surface area contributed by atoms with E-state index in [4.69, 9.17) is 0 Å². The first kappa shape index (κ1) is 19.8. The van der Waals surface area contributed by atoms with E-state index in [2.05, 4.69) is 16.8 Å². The van der Waals surface area contributed by atoms with Crippen molar-refractivity contribution in [3.05, 3.63) is 65.6 Å². The van der Waals surface area contributed by atoms with Gasteiger partial charge in [-0.2, -0.15) is 0 Å². The average molecular weight is 413 g/mol. The van der Waals surface area contributed by atoms with E-state index in [0.29, 0.717) is 22.5 Å². The second-order valence-corrected chi connectivity index (χ2v) is 10.0. The van der Waals surface area contributed by atoms with Gasteiger partial charge in [-0.05, 0) is 49.4 Å². The maximum atomic E-state index is 14.1. The molecule has 6 heteroatoms. The lowest BCUT2D eigenvalue weighted by Crippen LogP contribution is -2.34. The summed E-state index contributed by atoms with van der Waals surface area (Å²) in [5, 5.41) is 0.560. The minimum Gasteiger partial charge on any atom is -0.370 e. The normalized spacial score (nSPS) is 15.8. The van der Waals surface area contributed by atoms with Crippen LogP contribution in [-0.2, 0) is 15.6 Å². The van der Waals surface area contributed by atoms with Crippen LogP contribution in [0.3, 0.4) is 0 Å². The highest BCUT2D eigenvalue weighted by atomic mass is 32.2. The van der Waals surface area contributed by atoms with E-state index in [-0.39, 0.29) is 16.5 Å². The topological polar surface area (TPSA) is 50.3 Å². The van der Waals surface area contributed by atoms with Gasteiger partial charge in [0.05, 0.1) is 17.0 Å². The number of nitrogens with zero attached hydrogens (tertiary/aromatic N) is 2. The Balaban J connectivity index is 1.84. The number of aromatic nitrogens is 1. The lowest BCUT2D eigenvalue weighted by atomic mass is 9.98. The molecule has 4 rings (SSSR count). The van der Waals surface area contributed by atoms with Crippen molar-refractivity contribution >= 4 is 26.4 Å². The summed E-state index contributed by atoms with van der Waals surface area (Å²) in [4.78, 5) is 6.62. The molecule has 0 unspecified atom stereocenters. The Bertz CT molecular complexity index is 1140. The number of sulfone groups is 1. The van der Waals surface area contributed by atoms with Crippen LogP contribution in [0.2, 0.25) is 0 Å². The molecule has 1 aromatic heterocycles. The van der Waals surface area contributed by atoms with E-state index < -0.39 is 9.84 Å². The summed E-state index contributed by atoms with van der Waals surface area (Å²) in [5.74, 6) is 0.107. The molecule has 1 aliphatic rings. The summed E-state index contributed by atoms with van der Waals surface area (Å²) >= 11 is 0. The van der Waals surface area contributed by atoms with Gasteiger partial charge in [0, 0.05) is 24.7 Å². The van der Waals surface area contributed by atoms with Gasteiger partial charge >= 0.3 is 0 Å². The van der Waals surface area contributed by atoms with Crippen molar-refractivity contribution in [2.45, 2.75) is 37.3 Å². The molecule has 0 atom stereocenters. The third-order valence-corrected chi connectivity index (χ3v) is 7.36. The Morgan fingerprint density at radius 2 is 1.79 bits per heavy atom. The lowest BCUT2D eigenvalue weighted by molar-refractivity contribution is 0.437. The predicted molar refractivity (Wildman–Crippen MR) is 114 cm³/mol. The Kier molecular flexibility index (Phi) is 5.30. The summed E-state index contributed by atoms with van der Waals surface area (Å²) in [6.07, 6.45) is 3.41. The molecule has 3 aromatic rings. The summed E-state index contributed by atoms with van der Waals surface area (Å²) in [5.41, 5.74) is 3.01. The highest BCUT2D eigenvalue weighted by Crippen LogP contribution is 2.36. The first-order valence-corrected chi connectivity index (χ1v) is 11.6. The van der Waals surface area contributed by atoms with Crippen LogP contribution in [0.15, 0.2) is 53.6 Å². The number of aryl methyl sites for hydroxylation is 1. The monoisotopic (exact) mass is 412 g/mol. The number of halogens is 1. The van der Waals surface area contributed by atoms with E-state index in [0.717, 1.165) is 37.1 Å². The standard InChI is InChI=1S/C23H25FN2O2S/c1-16-3-5-18(6-4-16)15-29(27,28)22-14-25-21-8-7-19(24)13-20(21)23(22)26-11-9-17(2)10-12-26/h3-8,13-14,17H,9-12,15H2,1-2H3. The molecule has 2 heterocycles. The van der Waals surface area contributed by atoms with Crippen LogP contribution < -0.4 is 4.90 Å². The van der Waals surface area contributed by atoms with Crippen LogP contribution in [0.25, 0.3) is 10.9 Å². The van der Waals surface area contributed by atoms with E-state index in [1.165, 1.54) is 18.3 Å². The molecule has 0 aliphatic carbocycles. The molecule has 1 aliphatic heterocycles. The minimum atomic E-state index is -3.65. The van der Waals surface area contributed by atoms with Gasteiger partial charge in [0.1, 0.15) is 10.7 Å². The first-order valence-electron chi connectivity index (χ1n) is 9.95. The number of hydrogen-bond donors (Lipinski definition) is 0. The molecular weight excluding hydrogens is 387 g/mol. The van der Waals surface area contributed by atoms with Crippen molar-refractivity contribution in [2.24, 2.45) is 5.92 Å². The Labute approximate surface area is 171 Å². The highest BCUT2D eigenvalue weighted by molar-refractivity contribution is 7.90. The van der Waals surface area contributed by atoms with E-state index in [1.54, 1.807) is 6.07 Å². The van der Waals surface area contributed by atoms with E-state index in [9.17, 15) is 12.8 Å². The van der Waals surface area contributed by atoms with E-state index in [1.807, 2.05) is 31.2 Å². The molecule has 0 radical (unpaired) electrons. The van der Waals surface area contributed by atoms with E-state index >= 15 is 0 Å². The molecule has 0 saturated carbocycles. The quantitative estimate of drug-likeness (QED) is 0.612. The molecule has 1 fully saturated rings. The highest BCUT2D eigenvalue weighted by Gasteiger charge is 2.27. The number of anilines is 1. The lowest BCUT2D eigenvalue weighted by Gasteiger charge is -2.34. The van der Waals surface area contributed by atoms with Crippen molar-refractivity contribution in [1.29, 1.82) is 0 Å². The fourth-order valence-corrected chi connectivity index (χ4v) is 5.43. The zero-order valence-electron chi connectivity index (χ0n) is 16.7. The van der Waals surface area contributed by atoms with Gasteiger partial charge < -0.3 is 4.90 Å². The third kappa shape index (κ3) is 4.13. The van der Waals surface area contributed by atoms with Crippen LogP contribution in [0.4, 0.5) is 10.1 Å². The zero-order chi connectivity index (χ0) is 20.6. The second kappa shape index (κ2) is 7.75. The Morgan fingerprint density at radius 3 is 2.48 bits per heavy atom. The average Bonchev–Trinajstić information content (AvgIpc) is 2.69. The molecule has 0 spiro atoms. The molecular formula is C23H25FN2O2S. The van der Waals surface area contributed by atoms with Gasteiger partial charge in [0.25, 0.3) is 0 Å². The molecule has 0 amide bonds. The van der Waals surface area contributed by atoms with Crippen molar-refractivity contribution in [3.63, 3.8) is 0 Å². The fourth-order valence-electron chi connectivity index (χ4n) is 3.90. The van der Waals surface area contributed by atoms with Crippen molar-refractivity contribution in [3.8, 4) is 0 Å². The molecule has 4 nitrogen and oxygen atoms in total. The smallest absolute Gasteiger partial charge is 0.186 e. The fraction of sp³-hybridized carbons (Fsp3) is 0.348. The third-order valence-electron chi connectivity index (χ3n) is 5.68. The van der Waals surface area contributed by atoms with Gasteiger partial charge in [-0.1, -0.05) is 36.8 Å². The maximum absolute atomic E-state index is 14.1. The largest absolute Gasteiger partial charge is 0.370 e. The van der Waals surface area contributed by atoms with Crippen molar-refractivity contribution in [1.82, 2.24) is 4.98 Å². The molecule has 0 bridgehead atoms. The second-order valence-electron chi connectivity index (χ2n) is 8.05. The van der Waals surface area contributed by atoms with Gasteiger partial charge in [-0.3, -0.25) is 4.98 Å². The SMILES string of the molecule is Cc1ccc(CS(=O)(=O)c2cnc3ccc(F)cc3c2N2CCC(C)CC2)cc1. The summed E-state index contributed by atoms with van der Waals surface area (Å²) in [7, 11) is -3.65.